The number of ether oxygens (including phenoxy) is 6. The molecule has 4 saturated carbocycles. The summed E-state index contributed by atoms with van der Waals surface area (Å²) in [6.07, 6.45) is 13.5. The molecule has 0 spiro atoms. The lowest BCUT2D eigenvalue weighted by Crippen LogP contribution is -2.38. The number of carbonyl (C=O) groups excluding carboxylic acids is 5. The van der Waals surface area contributed by atoms with Gasteiger partial charge in [-0.15, -0.1) is 0 Å². The first-order chi connectivity index (χ1) is 66.9. The van der Waals surface area contributed by atoms with E-state index < -0.39 is 52.8 Å². The van der Waals surface area contributed by atoms with Gasteiger partial charge in [-0.1, -0.05) is 128 Å². The molecule has 3 aliphatic heterocycles. The molecule has 5 fully saturated rings. The number of fused-ring (bicyclic) bond motifs is 2. The standard InChI is InChI=1S/C26H28N4O5S.C26H25N3O4.C24H25N3O4S.C24H24N2O4S.C5H11NO.5H2/c1-30(2)15-14-27-36(32,33)20-9-6-18(7-10-20)21-4-3-5-24(28-21)29-25(31)26(12-13-26)19-8-11-22-23(16-19)35-17-34-22;1-16-11-23(27-14-20(16)17-5-4-6-18(12-17)24(30)29(2)3)28-25(31)26(9-10-26)19-7-8-21-22(13-19)33-15-32-21;1-31-20-6-3-5-19(15-20)24(13-14-24)23(28)27-22-8-4-7-21(26-22)18-11-9-17(10-12-18)16-25-32(2,29)30;1-30-19-11-9-18(10-12-19)24(15-2-3-16-24)23(27)26-22-6-4-5-21(25-22)17-7-13-20(14-8-17)31(28)29;7-4-5-2-1-3-6-5;;;;;/h3-11,16,27H,12-15,17H2,1-2H3,(H,28,29,31);4-8,11-14H,9-10,15H2,1-3H3,(H,27,28,31);3-12,15,25H,13-14,16H2,1-2H3,(H,26,27,28);4-14H,2-3,15-16H2,1H3,(H,28,29)(H,25,26,27);5-7H,1-4H2;5*1H/p-1/t;;;;5-;;;;;/m....1...../s1. The van der Waals surface area contributed by atoms with Gasteiger partial charge in [-0.25, -0.2) is 46.2 Å². The van der Waals surface area contributed by atoms with E-state index in [1.807, 2.05) is 196 Å². The number of likely N-dealkylation sites (N-methyl/N-ethyl adjacent to an activating group) is 1. The fourth-order valence-electron chi connectivity index (χ4n) is 17.1. The molecule has 1 unspecified atom stereocenters. The van der Waals surface area contributed by atoms with Crippen LogP contribution in [0.15, 0.2) is 259 Å². The summed E-state index contributed by atoms with van der Waals surface area (Å²) in [5.74, 6) is 5.77. The molecule has 0 radical (unpaired) electrons. The summed E-state index contributed by atoms with van der Waals surface area (Å²) in [4.78, 5) is 87.3. The summed E-state index contributed by atoms with van der Waals surface area (Å²) >= 11 is -2.27. The van der Waals surface area contributed by atoms with E-state index in [1.54, 1.807) is 100 Å². The molecule has 34 heteroatoms. The van der Waals surface area contributed by atoms with Gasteiger partial charge in [-0.05, 0) is 269 Å². The van der Waals surface area contributed by atoms with Gasteiger partial charge in [0.05, 0.1) is 70.7 Å². The van der Waals surface area contributed by atoms with Crippen molar-refractivity contribution in [3.8, 4) is 79.4 Å². The summed E-state index contributed by atoms with van der Waals surface area (Å²) in [5.41, 5.74) is 10.1. The van der Waals surface area contributed by atoms with E-state index in [-0.39, 0.29) is 66.6 Å². The Hall–Kier alpha value is -13.7. The molecular formula is C105H122N13O18S3-. The second-order valence-electron chi connectivity index (χ2n) is 35.6. The molecule has 734 valence electrons. The number of hydrogen-bond donors (Lipinski definition) is 8. The number of pyridine rings is 4. The van der Waals surface area contributed by atoms with Crippen molar-refractivity contribution in [2.45, 2.75) is 128 Å². The van der Waals surface area contributed by atoms with Crippen molar-refractivity contribution < 1.29 is 90.2 Å². The maximum atomic E-state index is 13.4. The van der Waals surface area contributed by atoms with E-state index in [4.69, 9.17) is 33.5 Å². The van der Waals surface area contributed by atoms with E-state index >= 15 is 0 Å². The number of hydrogen-bond acceptors (Lipinski definition) is 24. The highest BCUT2D eigenvalue weighted by Gasteiger charge is 2.54. The number of aromatic nitrogens is 4. The van der Waals surface area contributed by atoms with Gasteiger partial charge in [0, 0.05) is 85.8 Å². The molecule has 139 heavy (non-hydrogen) atoms. The maximum absolute atomic E-state index is 13.4. The largest absolute Gasteiger partial charge is 0.768 e. The Morgan fingerprint density at radius 1 is 0.504 bits per heavy atom. The topological polar surface area (TPSA) is 412 Å². The van der Waals surface area contributed by atoms with Crippen LogP contribution < -0.4 is 64.4 Å². The molecular weight excluding hydrogens is 1830 g/mol. The first-order valence-corrected chi connectivity index (χ1v) is 50.2. The number of rotatable bonds is 29. The molecule has 5 amide bonds. The second-order valence-corrected chi connectivity index (χ2v) is 40.1. The number of aliphatic hydroxyl groups is 1. The zero-order valence-electron chi connectivity index (χ0n) is 78.5. The molecule has 1 saturated heterocycles. The minimum Gasteiger partial charge on any atom is -0.768 e. The zero-order chi connectivity index (χ0) is 98.2. The van der Waals surface area contributed by atoms with Crippen molar-refractivity contribution >= 4 is 83.9 Å². The number of nitrogens with zero attached hydrogens (tertiary/aromatic N) is 6. The smallest absolute Gasteiger partial charge is 0.253 e. The summed E-state index contributed by atoms with van der Waals surface area (Å²) in [6, 6.07) is 73.2. The third-order valence-corrected chi connectivity index (χ3v) is 28.3. The first-order valence-electron chi connectivity index (χ1n) is 45.8. The third-order valence-electron chi connectivity index (χ3n) is 25.5. The van der Waals surface area contributed by atoms with Crippen molar-refractivity contribution in [2.24, 2.45) is 0 Å². The lowest BCUT2D eigenvalue weighted by molar-refractivity contribution is -0.121. The van der Waals surface area contributed by atoms with E-state index in [2.05, 4.69) is 56.0 Å². The van der Waals surface area contributed by atoms with Gasteiger partial charge in [0.1, 0.15) is 34.8 Å². The third kappa shape index (κ3) is 24.5. The van der Waals surface area contributed by atoms with Gasteiger partial charge in [-0.2, -0.15) is 0 Å². The quantitative estimate of drug-likeness (QED) is 0.0202. The molecule has 8 N–H and O–H groups in total. The zero-order valence-corrected chi connectivity index (χ0v) is 80.9. The van der Waals surface area contributed by atoms with Crippen molar-refractivity contribution in [2.75, 3.05) is 110 Å². The molecule has 0 bridgehead atoms. The monoisotopic (exact) mass is 1950 g/mol. The molecule has 12 aromatic rings. The maximum Gasteiger partial charge on any atom is 0.253 e. The average molecular weight is 1950 g/mol. The molecule has 4 aliphatic carbocycles. The number of aliphatic hydroxyl groups excluding tert-OH is 1. The van der Waals surface area contributed by atoms with E-state index in [0.717, 1.165) is 162 Å². The van der Waals surface area contributed by atoms with Crippen LogP contribution in [0.2, 0.25) is 0 Å². The van der Waals surface area contributed by atoms with Crippen molar-refractivity contribution in [3.05, 3.63) is 288 Å². The number of nitrogens with one attached hydrogen (secondary N) is 7. The highest BCUT2D eigenvalue weighted by atomic mass is 32.2. The van der Waals surface area contributed by atoms with Gasteiger partial charge in [0.2, 0.25) is 57.3 Å². The fourth-order valence-corrected chi connectivity index (χ4v) is 18.9. The second kappa shape index (κ2) is 44.0. The predicted octanol–water partition coefficient (Wildman–Crippen LogP) is 16.0. The first kappa shape index (κ1) is 99.8. The Morgan fingerprint density at radius 3 is 1.41 bits per heavy atom. The Balaban J connectivity index is 0.000000190. The van der Waals surface area contributed by atoms with Gasteiger partial charge >= 0.3 is 0 Å². The van der Waals surface area contributed by atoms with Gasteiger partial charge in [-0.3, -0.25) is 28.2 Å². The molecule has 4 aromatic heterocycles. The Labute approximate surface area is 818 Å². The minimum absolute atomic E-state index is 0. The molecule has 19 rings (SSSR count). The summed E-state index contributed by atoms with van der Waals surface area (Å²) in [7, 11) is 3.64. The lowest BCUT2D eigenvalue weighted by atomic mass is 9.78. The lowest BCUT2D eigenvalue weighted by Gasteiger charge is -2.28. The summed E-state index contributed by atoms with van der Waals surface area (Å²) in [6.45, 7) is 4.93. The van der Waals surface area contributed by atoms with Crippen LogP contribution >= 0.6 is 0 Å². The number of benzene rings is 8. The number of amides is 5. The van der Waals surface area contributed by atoms with Crippen LogP contribution in [0.1, 0.15) is 128 Å². The van der Waals surface area contributed by atoms with Crippen molar-refractivity contribution in [3.63, 3.8) is 0 Å². The molecule has 8 aromatic carbocycles. The Morgan fingerprint density at radius 2 is 0.964 bits per heavy atom. The van der Waals surface area contributed by atoms with Gasteiger partial charge in [0.15, 0.2) is 23.0 Å². The van der Waals surface area contributed by atoms with Crippen LogP contribution in [-0.2, 0) is 78.5 Å². The Kier molecular flexibility index (Phi) is 31.6. The van der Waals surface area contributed by atoms with Crippen LogP contribution in [0.3, 0.4) is 0 Å². The summed E-state index contributed by atoms with van der Waals surface area (Å²) in [5, 5.41) is 23.6. The summed E-state index contributed by atoms with van der Waals surface area (Å²) < 4.78 is 107. The number of aryl methyl sites for hydroxylation is 1. The molecule has 7 heterocycles. The van der Waals surface area contributed by atoms with Crippen LogP contribution in [0, 0.1) is 6.92 Å². The van der Waals surface area contributed by atoms with Crippen molar-refractivity contribution in [1.82, 2.24) is 44.5 Å². The molecule has 2 atom stereocenters. The Bertz CT molecular complexity index is 6740. The SMILES string of the molecule is CN(C)CCNS(=O)(=O)c1ccc(-c2cccc(NC(=O)C3(c4ccc5c(c4)OCO5)CC3)n2)cc1.COc1ccc(C2(C(=O)Nc3cccc(-c4ccc(S(=O)[O-])cc4)n3)CCCC2)cc1.COc1cccc(C2(C(=O)Nc3cccc(-c4ccc(CNS(C)(=O)=O)cc4)n3)CC2)c1.Cc1cc(NC(=O)C2(c3ccc4c(c3)OCO4)CC2)ncc1-c1cccc(C(=O)N(C)C)c1.OC[C@H]1CCCN1.[HH].[HH].[HH].[HH].[HH]. The number of methoxy groups -OCH3 is 2. The number of sulfonamides is 2. The predicted molar refractivity (Wildman–Crippen MR) is 541 cm³/mol. The molecule has 7 aliphatic rings. The van der Waals surface area contributed by atoms with Crippen LogP contribution in [0.5, 0.6) is 34.5 Å². The van der Waals surface area contributed by atoms with Gasteiger partial charge < -0.3 is 74.5 Å². The highest BCUT2D eigenvalue weighted by Crippen LogP contribution is 2.54. The number of carbonyl (C=O) groups is 5. The highest BCUT2D eigenvalue weighted by molar-refractivity contribution is 7.89. The van der Waals surface area contributed by atoms with Crippen LogP contribution in [-0.4, -0.2) is 185 Å². The average Bonchev–Trinajstić information content (AvgIpc) is 1.59. The van der Waals surface area contributed by atoms with Crippen molar-refractivity contribution in [1.29, 1.82) is 0 Å². The molecule has 31 nitrogen and oxygen atoms in total. The van der Waals surface area contributed by atoms with E-state index in [0.29, 0.717) is 89.0 Å². The number of anilines is 4. The fraction of sp³-hybridized carbons (Fsp3) is 0.305. The van der Waals surface area contributed by atoms with Crippen LogP contribution in [0.25, 0.3) is 44.9 Å². The van der Waals surface area contributed by atoms with Gasteiger partial charge in [0.25, 0.3) is 5.91 Å². The van der Waals surface area contributed by atoms with E-state index in [9.17, 15) is 49.6 Å². The minimum atomic E-state index is -3.59. The van der Waals surface area contributed by atoms with E-state index in [1.165, 1.54) is 18.6 Å². The van der Waals surface area contributed by atoms with Crippen LogP contribution in [0.4, 0.5) is 23.3 Å². The normalized spacial score (nSPS) is 16.1.